The second-order valence-corrected chi connectivity index (χ2v) is 12.6. The van der Waals surface area contributed by atoms with Crippen LogP contribution in [0.5, 0.6) is 0 Å². The Bertz CT molecular complexity index is 1800. The fraction of sp³-hybridized carbons (Fsp3) is 0.333. The average Bonchev–Trinajstić information content (AvgIpc) is 3.12. The Labute approximate surface area is 316 Å². The van der Waals surface area contributed by atoms with Crippen molar-refractivity contribution in [2.75, 3.05) is 17.7 Å². The summed E-state index contributed by atoms with van der Waals surface area (Å²) in [7, 11) is 1.41. The summed E-state index contributed by atoms with van der Waals surface area (Å²) in [6.07, 6.45) is 1.38. The number of Topliss-reactive ketones (excluding diaryl/α,β-unsaturated/α-hetero) is 1. The van der Waals surface area contributed by atoms with E-state index in [1.165, 1.54) is 23.8 Å². The van der Waals surface area contributed by atoms with E-state index in [4.69, 9.17) is 4.74 Å². The minimum Gasteiger partial charge on any atom is -0.465 e. The molecule has 0 aliphatic carbocycles. The standard InChI is InChI=1S/C21H24BrNO.C20H23NO2.2C2H6/c1-5-9-20(24)21(17-11-6-7-12-18(17)22)16(4)23-19-13-8-10-14(2)15(19)3;1-13-10-11-15(3)18(12-13)21-16(4)19(20(22)23-5)17-9-7-6-8-14(17)2;2*1-2/h6-8,10-13,23H,5,9H2,1-4H3;6-12,21H,1-5H3;2*1-2H3/b21-16+;19-16+;;. The van der Waals surface area contributed by atoms with Crippen molar-refractivity contribution in [3.8, 4) is 0 Å². The van der Waals surface area contributed by atoms with Gasteiger partial charge in [-0.1, -0.05) is 117 Å². The van der Waals surface area contributed by atoms with Gasteiger partial charge in [0.1, 0.15) is 0 Å². The van der Waals surface area contributed by atoms with Crippen molar-refractivity contribution in [2.45, 2.75) is 95.9 Å². The molecule has 0 aliphatic rings. The van der Waals surface area contributed by atoms with E-state index < -0.39 is 0 Å². The van der Waals surface area contributed by atoms with Gasteiger partial charge in [0.2, 0.25) is 0 Å². The van der Waals surface area contributed by atoms with Gasteiger partial charge in [-0.3, -0.25) is 4.79 Å². The van der Waals surface area contributed by atoms with Gasteiger partial charge in [0.05, 0.1) is 12.7 Å². The summed E-state index contributed by atoms with van der Waals surface area (Å²) in [6.45, 7) is 24.2. The van der Waals surface area contributed by atoms with Crippen LogP contribution in [0.25, 0.3) is 11.1 Å². The fourth-order valence-electron chi connectivity index (χ4n) is 5.28. The highest BCUT2D eigenvalue weighted by atomic mass is 79.9. The number of hydrogen-bond donors (Lipinski definition) is 2. The Kier molecular flexibility index (Phi) is 20.2. The van der Waals surface area contributed by atoms with Crippen molar-refractivity contribution in [1.82, 2.24) is 0 Å². The predicted molar refractivity (Wildman–Crippen MR) is 224 cm³/mol. The first-order chi connectivity index (χ1) is 24.4. The van der Waals surface area contributed by atoms with Crippen LogP contribution in [0.2, 0.25) is 0 Å². The minimum atomic E-state index is -0.338. The van der Waals surface area contributed by atoms with Gasteiger partial charge in [-0.2, -0.15) is 0 Å². The number of ether oxygens (including phenoxy) is 1. The zero-order valence-corrected chi connectivity index (χ0v) is 34.7. The smallest absolute Gasteiger partial charge is 0.340 e. The molecule has 51 heavy (non-hydrogen) atoms. The van der Waals surface area contributed by atoms with Crippen LogP contribution in [0.1, 0.15) is 100 Å². The Hall–Kier alpha value is -4.42. The molecule has 0 spiro atoms. The van der Waals surface area contributed by atoms with Crippen molar-refractivity contribution >= 4 is 50.2 Å². The molecule has 4 aromatic rings. The number of ketones is 1. The zero-order chi connectivity index (χ0) is 38.7. The van der Waals surface area contributed by atoms with Gasteiger partial charge in [-0.05, 0) is 106 Å². The molecule has 0 unspecified atom stereocenters. The first-order valence-electron chi connectivity index (χ1n) is 17.9. The van der Waals surface area contributed by atoms with Crippen LogP contribution in [0.3, 0.4) is 0 Å². The van der Waals surface area contributed by atoms with Gasteiger partial charge in [0.25, 0.3) is 0 Å². The number of anilines is 2. The van der Waals surface area contributed by atoms with E-state index in [1.54, 1.807) is 0 Å². The SMILES string of the molecule is CC.CC.CCCC(=O)/C(=C(\C)Nc1cccc(C)c1C)c1ccccc1Br.COC(=O)/C(=C(\C)Nc1cc(C)ccc1C)c1ccccc1C. The molecule has 0 saturated heterocycles. The van der Waals surface area contributed by atoms with Gasteiger partial charge in [-0.25, -0.2) is 4.79 Å². The quantitative estimate of drug-likeness (QED) is 0.125. The number of carbonyl (C=O) groups excluding carboxylic acids is 2. The lowest BCUT2D eigenvalue weighted by molar-refractivity contribution is -0.133. The van der Waals surface area contributed by atoms with E-state index in [0.29, 0.717) is 12.0 Å². The molecule has 4 rings (SSSR count). The molecular formula is C45H59BrN2O3. The molecule has 0 heterocycles. The van der Waals surface area contributed by atoms with Crippen LogP contribution in [-0.2, 0) is 14.3 Å². The summed E-state index contributed by atoms with van der Waals surface area (Å²) in [5.74, 6) is -0.172. The van der Waals surface area contributed by atoms with Crippen LogP contribution in [0.4, 0.5) is 11.4 Å². The fourth-order valence-corrected chi connectivity index (χ4v) is 5.77. The summed E-state index contributed by atoms with van der Waals surface area (Å²) in [5, 5.41) is 6.82. The third kappa shape index (κ3) is 13.0. The largest absolute Gasteiger partial charge is 0.465 e. The first-order valence-corrected chi connectivity index (χ1v) is 18.7. The van der Waals surface area contributed by atoms with Crippen molar-refractivity contribution in [3.63, 3.8) is 0 Å². The molecule has 274 valence electrons. The Morgan fingerprint density at radius 1 is 0.647 bits per heavy atom. The number of nitrogens with one attached hydrogen (secondary N) is 2. The van der Waals surface area contributed by atoms with Crippen LogP contribution >= 0.6 is 15.9 Å². The molecule has 4 aromatic carbocycles. The minimum absolute atomic E-state index is 0.166. The molecule has 0 saturated carbocycles. The Balaban J connectivity index is 0.000000465. The lowest BCUT2D eigenvalue weighted by Crippen LogP contribution is -2.11. The van der Waals surface area contributed by atoms with Crippen molar-refractivity contribution in [2.24, 2.45) is 0 Å². The average molecular weight is 756 g/mol. The normalized spacial score (nSPS) is 11.1. The molecule has 5 nitrogen and oxygen atoms in total. The van der Waals surface area contributed by atoms with Crippen LogP contribution in [-0.4, -0.2) is 18.9 Å². The van der Waals surface area contributed by atoms with E-state index in [2.05, 4.69) is 64.7 Å². The number of methoxy groups -OCH3 is 1. The molecule has 0 radical (unpaired) electrons. The van der Waals surface area contributed by atoms with E-state index in [-0.39, 0.29) is 11.8 Å². The number of allylic oxidation sites excluding steroid dienone is 3. The van der Waals surface area contributed by atoms with Gasteiger partial charge in [0, 0.05) is 44.8 Å². The number of halogens is 1. The highest BCUT2D eigenvalue weighted by Crippen LogP contribution is 2.31. The maximum Gasteiger partial charge on any atom is 0.340 e. The predicted octanol–water partition coefficient (Wildman–Crippen LogP) is 13.0. The van der Waals surface area contributed by atoms with Crippen LogP contribution in [0.15, 0.2) is 101 Å². The van der Waals surface area contributed by atoms with Crippen molar-refractivity contribution in [3.05, 3.63) is 140 Å². The monoisotopic (exact) mass is 754 g/mol. The summed E-state index contributed by atoms with van der Waals surface area (Å²) in [6, 6.07) is 28.1. The number of esters is 1. The van der Waals surface area contributed by atoms with Gasteiger partial charge < -0.3 is 15.4 Å². The number of benzene rings is 4. The summed E-state index contributed by atoms with van der Waals surface area (Å²) in [5.41, 5.74) is 12.6. The highest BCUT2D eigenvalue weighted by Gasteiger charge is 2.19. The van der Waals surface area contributed by atoms with Crippen molar-refractivity contribution < 1.29 is 14.3 Å². The molecule has 2 N–H and O–H groups in total. The second kappa shape index (κ2) is 23.1. The lowest BCUT2D eigenvalue weighted by atomic mass is 9.96. The van der Waals surface area contributed by atoms with Crippen LogP contribution < -0.4 is 10.6 Å². The second-order valence-electron chi connectivity index (χ2n) is 11.8. The third-order valence-corrected chi connectivity index (χ3v) is 8.79. The number of hydrogen-bond acceptors (Lipinski definition) is 5. The molecular weight excluding hydrogens is 696 g/mol. The van der Waals surface area contributed by atoms with E-state index in [1.807, 2.05) is 130 Å². The van der Waals surface area contributed by atoms with Gasteiger partial charge in [-0.15, -0.1) is 0 Å². The Morgan fingerprint density at radius 3 is 1.78 bits per heavy atom. The first kappa shape index (κ1) is 44.6. The highest BCUT2D eigenvalue weighted by molar-refractivity contribution is 9.10. The van der Waals surface area contributed by atoms with E-state index in [9.17, 15) is 9.59 Å². The van der Waals surface area contributed by atoms with Crippen LogP contribution in [0, 0.1) is 34.6 Å². The van der Waals surface area contributed by atoms with E-state index in [0.717, 1.165) is 61.5 Å². The van der Waals surface area contributed by atoms with Crippen molar-refractivity contribution in [1.29, 1.82) is 0 Å². The molecule has 6 heteroatoms. The summed E-state index contributed by atoms with van der Waals surface area (Å²) < 4.78 is 5.93. The number of carbonyl (C=O) groups is 2. The number of aryl methyl sites for hydroxylation is 4. The molecule has 0 aromatic heterocycles. The maximum atomic E-state index is 12.8. The molecule has 0 amide bonds. The summed E-state index contributed by atoms with van der Waals surface area (Å²) >= 11 is 3.58. The van der Waals surface area contributed by atoms with Gasteiger partial charge in [0.15, 0.2) is 5.78 Å². The number of rotatable bonds is 10. The maximum absolute atomic E-state index is 12.8. The topological polar surface area (TPSA) is 67.4 Å². The molecule has 0 atom stereocenters. The summed E-state index contributed by atoms with van der Waals surface area (Å²) in [4.78, 5) is 25.1. The molecule has 0 fully saturated rings. The Morgan fingerprint density at radius 2 is 1.20 bits per heavy atom. The van der Waals surface area contributed by atoms with E-state index >= 15 is 0 Å². The third-order valence-electron chi connectivity index (χ3n) is 8.10. The zero-order valence-electron chi connectivity index (χ0n) is 33.1. The molecule has 0 bridgehead atoms. The lowest BCUT2D eigenvalue weighted by Gasteiger charge is -2.17. The van der Waals surface area contributed by atoms with Gasteiger partial charge >= 0.3 is 5.97 Å². The molecule has 0 aliphatic heterocycles.